The molecule has 0 bridgehead atoms. The zero-order valence-electron chi connectivity index (χ0n) is 17.5. The van der Waals surface area contributed by atoms with E-state index in [1.165, 1.54) is 6.42 Å². The largest absolute Gasteiger partial charge is 0.362 e. The van der Waals surface area contributed by atoms with E-state index in [9.17, 15) is 9.59 Å². The molecule has 1 saturated heterocycles. The van der Waals surface area contributed by atoms with Gasteiger partial charge in [0.25, 0.3) is 5.91 Å². The van der Waals surface area contributed by atoms with E-state index >= 15 is 0 Å². The van der Waals surface area contributed by atoms with Gasteiger partial charge in [0.1, 0.15) is 0 Å². The van der Waals surface area contributed by atoms with Crippen molar-refractivity contribution in [1.82, 2.24) is 10.2 Å². The van der Waals surface area contributed by atoms with Gasteiger partial charge in [0, 0.05) is 53.0 Å². The fraction of sp³-hybridized carbons (Fsp3) is 0.500. The molecule has 1 atom stereocenters. The number of hydrogen-bond acceptors (Lipinski definition) is 3. The number of nitrogens with zero attached hydrogens (tertiary/aromatic N) is 1. The summed E-state index contributed by atoms with van der Waals surface area (Å²) >= 11 is 6.31. The molecule has 0 spiro atoms. The monoisotopic (exact) mass is 412 g/mol. The lowest BCUT2D eigenvalue weighted by Crippen LogP contribution is -2.43. The van der Waals surface area contributed by atoms with Crippen molar-refractivity contribution >= 4 is 23.3 Å². The second-order valence-corrected chi connectivity index (χ2v) is 9.77. The first kappa shape index (κ1) is 20.2. The van der Waals surface area contributed by atoms with Gasteiger partial charge in [-0.15, -0.1) is 0 Å². The molecular weight excluding hydrogens is 384 g/mol. The van der Waals surface area contributed by atoms with Crippen LogP contribution in [0.25, 0.3) is 0 Å². The quantitative estimate of drug-likeness (QED) is 0.747. The third-order valence-electron chi connectivity index (χ3n) is 6.30. The SMILES string of the molecule is CC1=C(C(=O)N2CCCCC2)[C@H](c2cccc(Cl)c2)C2=C(CC(C)(C)CC2=O)N1. The molecule has 29 heavy (non-hydrogen) atoms. The molecule has 5 heteroatoms. The fourth-order valence-corrected chi connectivity index (χ4v) is 5.21. The van der Waals surface area contributed by atoms with Crippen molar-refractivity contribution in [3.8, 4) is 0 Å². The Morgan fingerprint density at radius 3 is 2.59 bits per heavy atom. The topological polar surface area (TPSA) is 49.4 Å². The highest BCUT2D eigenvalue weighted by Crippen LogP contribution is 2.47. The van der Waals surface area contributed by atoms with Gasteiger partial charge >= 0.3 is 0 Å². The lowest BCUT2D eigenvalue weighted by molar-refractivity contribution is -0.128. The van der Waals surface area contributed by atoms with E-state index in [0.717, 1.165) is 54.9 Å². The van der Waals surface area contributed by atoms with Gasteiger partial charge in [-0.3, -0.25) is 9.59 Å². The maximum Gasteiger partial charge on any atom is 0.252 e. The summed E-state index contributed by atoms with van der Waals surface area (Å²) in [5.74, 6) is -0.183. The van der Waals surface area contributed by atoms with E-state index in [1.54, 1.807) is 0 Å². The molecule has 1 fully saturated rings. The van der Waals surface area contributed by atoms with E-state index in [-0.39, 0.29) is 23.0 Å². The molecule has 2 aliphatic heterocycles. The average Bonchev–Trinajstić information content (AvgIpc) is 2.66. The number of carbonyl (C=O) groups excluding carboxylic acids is 2. The first-order chi connectivity index (χ1) is 13.8. The third kappa shape index (κ3) is 3.87. The Bertz CT molecular complexity index is 923. The molecule has 1 aliphatic carbocycles. The number of piperidine rings is 1. The Morgan fingerprint density at radius 1 is 1.17 bits per heavy atom. The van der Waals surface area contributed by atoms with Gasteiger partial charge < -0.3 is 10.2 Å². The minimum Gasteiger partial charge on any atom is -0.362 e. The van der Waals surface area contributed by atoms with Crippen LogP contribution in [0.3, 0.4) is 0 Å². The second-order valence-electron chi connectivity index (χ2n) is 9.34. The molecule has 0 saturated carbocycles. The molecule has 1 N–H and O–H groups in total. The van der Waals surface area contributed by atoms with Crippen LogP contribution in [-0.4, -0.2) is 29.7 Å². The lowest BCUT2D eigenvalue weighted by atomic mass is 9.68. The molecular formula is C24H29ClN2O2. The van der Waals surface area contributed by atoms with Gasteiger partial charge in [-0.05, 0) is 55.7 Å². The molecule has 0 unspecified atom stereocenters. The van der Waals surface area contributed by atoms with Crippen LogP contribution >= 0.6 is 11.6 Å². The predicted octanol–water partition coefficient (Wildman–Crippen LogP) is 4.96. The number of ketones is 1. The Labute approximate surface area is 178 Å². The molecule has 1 aromatic rings. The van der Waals surface area contributed by atoms with Gasteiger partial charge in [0.15, 0.2) is 5.78 Å². The van der Waals surface area contributed by atoms with Gasteiger partial charge in [0.05, 0.1) is 0 Å². The van der Waals surface area contributed by atoms with Crippen LogP contribution in [0.2, 0.25) is 5.02 Å². The van der Waals surface area contributed by atoms with Crippen molar-refractivity contribution in [2.24, 2.45) is 5.41 Å². The number of hydrogen-bond donors (Lipinski definition) is 1. The van der Waals surface area contributed by atoms with Crippen molar-refractivity contribution in [2.75, 3.05) is 13.1 Å². The Balaban J connectivity index is 1.83. The van der Waals surface area contributed by atoms with Crippen molar-refractivity contribution < 1.29 is 9.59 Å². The highest BCUT2D eigenvalue weighted by atomic mass is 35.5. The first-order valence-corrected chi connectivity index (χ1v) is 10.9. The molecule has 3 aliphatic rings. The van der Waals surface area contributed by atoms with Crippen LogP contribution in [0.5, 0.6) is 0 Å². The van der Waals surface area contributed by atoms with E-state index in [1.807, 2.05) is 36.1 Å². The summed E-state index contributed by atoms with van der Waals surface area (Å²) in [7, 11) is 0. The number of likely N-dealkylation sites (tertiary alicyclic amines) is 1. The molecule has 2 heterocycles. The minimum absolute atomic E-state index is 0.0452. The number of carbonyl (C=O) groups is 2. The predicted molar refractivity (Wildman–Crippen MR) is 116 cm³/mol. The summed E-state index contributed by atoms with van der Waals surface area (Å²) in [5, 5.41) is 4.07. The van der Waals surface area contributed by atoms with Crippen LogP contribution in [-0.2, 0) is 9.59 Å². The standard InChI is InChI=1S/C24H29ClN2O2/c1-15-20(23(29)27-10-5-4-6-11-27)21(16-8-7-9-17(25)12-16)22-18(26-15)13-24(2,3)14-19(22)28/h7-9,12,21,26H,4-6,10-11,13-14H2,1-3H3/t21-/m0/s1. The number of allylic oxidation sites excluding steroid dienone is 3. The van der Waals surface area contributed by atoms with Crippen LogP contribution in [0.1, 0.15) is 64.4 Å². The van der Waals surface area contributed by atoms with E-state index in [2.05, 4.69) is 19.2 Å². The summed E-state index contributed by atoms with van der Waals surface area (Å²) in [4.78, 5) is 28.8. The smallest absolute Gasteiger partial charge is 0.252 e. The molecule has 0 radical (unpaired) electrons. The molecule has 4 nitrogen and oxygen atoms in total. The molecule has 154 valence electrons. The average molecular weight is 413 g/mol. The lowest BCUT2D eigenvalue weighted by Gasteiger charge is -2.41. The van der Waals surface area contributed by atoms with Crippen molar-refractivity contribution in [3.63, 3.8) is 0 Å². The summed E-state index contributed by atoms with van der Waals surface area (Å²) in [6, 6.07) is 7.60. The number of dihydropyridines is 1. The Hall–Kier alpha value is -2.07. The van der Waals surface area contributed by atoms with E-state index in [4.69, 9.17) is 11.6 Å². The summed E-state index contributed by atoms with van der Waals surface area (Å²) in [6.45, 7) is 7.77. The van der Waals surface area contributed by atoms with Crippen molar-refractivity contribution in [1.29, 1.82) is 0 Å². The van der Waals surface area contributed by atoms with Gasteiger partial charge in [-0.1, -0.05) is 37.6 Å². The zero-order chi connectivity index (χ0) is 20.8. The van der Waals surface area contributed by atoms with E-state index < -0.39 is 0 Å². The normalized spacial score (nSPS) is 24.3. The van der Waals surface area contributed by atoms with Crippen LogP contribution in [0, 0.1) is 5.41 Å². The highest BCUT2D eigenvalue weighted by molar-refractivity contribution is 6.30. The number of amides is 1. The summed E-state index contributed by atoms with van der Waals surface area (Å²) in [5.41, 5.74) is 4.09. The Morgan fingerprint density at radius 2 is 1.90 bits per heavy atom. The summed E-state index contributed by atoms with van der Waals surface area (Å²) < 4.78 is 0. The molecule has 0 aromatic heterocycles. The van der Waals surface area contributed by atoms with Crippen LogP contribution in [0.15, 0.2) is 46.8 Å². The number of benzene rings is 1. The van der Waals surface area contributed by atoms with Gasteiger partial charge in [-0.25, -0.2) is 0 Å². The second kappa shape index (κ2) is 7.64. The molecule has 4 rings (SSSR count). The maximum absolute atomic E-state index is 13.6. The minimum atomic E-state index is -0.358. The molecule has 1 aromatic carbocycles. The van der Waals surface area contributed by atoms with Crippen LogP contribution < -0.4 is 5.32 Å². The zero-order valence-corrected chi connectivity index (χ0v) is 18.2. The maximum atomic E-state index is 13.6. The number of Topliss-reactive ketones (excluding diaryl/α,β-unsaturated/α-hetero) is 1. The van der Waals surface area contributed by atoms with E-state index in [0.29, 0.717) is 17.0 Å². The third-order valence-corrected chi connectivity index (χ3v) is 6.53. The number of rotatable bonds is 2. The molecule has 1 amide bonds. The summed E-state index contributed by atoms with van der Waals surface area (Å²) in [6.07, 6.45) is 4.53. The van der Waals surface area contributed by atoms with Crippen molar-refractivity contribution in [3.05, 3.63) is 57.4 Å². The highest BCUT2D eigenvalue weighted by Gasteiger charge is 2.43. The number of nitrogens with one attached hydrogen (secondary N) is 1. The van der Waals surface area contributed by atoms with Crippen molar-refractivity contribution in [2.45, 2.75) is 58.8 Å². The number of halogens is 1. The van der Waals surface area contributed by atoms with Gasteiger partial charge in [0.2, 0.25) is 0 Å². The fourth-order valence-electron chi connectivity index (χ4n) is 5.01. The Kier molecular flexibility index (Phi) is 5.32. The first-order valence-electron chi connectivity index (χ1n) is 10.6. The van der Waals surface area contributed by atoms with Gasteiger partial charge in [-0.2, -0.15) is 0 Å². The van der Waals surface area contributed by atoms with Crippen LogP contribution in [0.4, 0.5) is 0 Å².